The van der Waals surface area contributed by atoms with Gasteiger partial charge < -0.3 is 19.4 Å². The molecule has 0 aliphatic carbocycles. The number of benzene rings is 2. The van der Waals surface area contributed by atoms with Crippen molar-refractivity contribution in [2.75, 3.05) is 58.3 Å². The number of hydrogen-bond donors (Lipinski definition) is 0. The lowest BCUT2D eigenvalue weighted by atomic mass is 10.0. The summed E-state index contributed by atoms with van der Waals surface area (Å²) in [6.45, 7) is 8.32. The van der Waals surface area contributed by atoms with Gasteiger partial charge in [0.15, 0.2) is 11.6 Å². The van der Waals surface area contributed by atoms with E-state index in [9.17, 15) is 9.18 Å². The summed E-state index contributed by atoms with van der Waals surface area (Å²) >= 11 is 12.7. The molecule has 0 bridgehead atoms. The number of hydrogen-bond acceptors (Lipinski definition) is 8. The standard InChI is InChI=1S/C25H19Cl2F2N5O2.C5H11N.C2H3N/c1-13(28)24(35)34-10-8-33(9-11-34)23-16-12-30-21(20(29)22(16)31-25(32-23)36-2)15-5-3-4-14-6-7-17(26)19(27)18(14)15;1-6-4-2-3-5-6;1-2-3/h3-7,12H,1,8-11H2,2H3;2-5H2,1H3;1H3. The van der Waals surface area contributed by atoms with Crippen LogP contribution in [0.15, 0.2) is 48.9 Å². The summed E-state index contributed by atoms with van der Waals surface area (Å²) in [5.41, 5.74) is 0.547. The smallest absolute Gasteiger partial charge is 0.318 e. The highest BCUT2D eigenvalue weighted by Crippen LogP contribution is 2.39. The Hall–Kier alpha value is -4.11. The number of anilines is 1. The number of halogens is 4. The maximum atomic E-state index is 16.0. The number of rotatable bonds is 4. The Labute approximate surface area is 270 Å². The number of ether oxygens (including phenoxy) is 1. The molecule has 13 heteroatoms. The molecule has 4 heterocycles. The van der Waals surface area contributed by atoms with Crippen LogP contribution in [0.1, 0.15) is 19.8 Å². The zero-order chi connectivity index (χ0) is 32.7. The molecule has 2 aliphatic heterocycles. The van der Waals surface area contributed by atoms with E-state index in [4.69, 9.17) is 33.2 Å². The molecule has 2 aromatic heterocycles. The minimum Gasteiger partial charge on any atom is -0.467 e. The van der Waals surface area contributed by atoms with Gasteiger partial charge in [0.2, 0.25) is 0 Å². The van der Waals surface area contributed by atoms with E-state index in [2.05, 4.69) is 33.5 Å². The minimum atomic E-state index is -1.01. The molecule has 2 saturated heterocycles. The third-order valence-electron chi connectivity index (χ3n) is 7.44. The van der Waals surface area contributed by atoms with Crippen molar-refractivity contribution in [1.29, 1.82) is 5.26 Å². The van der Waals surface area contributed by atoms with Gasteiger partial charge in [0.1, 0.15) is 17.0 Å². The third-order valence-corrected chi connectivity index (χ3v) is 8.25. The van der Waals surface area contributed by atoms with E-state index >= 15 is 4.39 Å². The molecule has 236 valence electrons. The van der Waals surface area contributed by atoms with Gasteiger partial charge in [0, 0.05) is 50.2 Å². The van der Waals surface area contributed by atoms with Gasteiger partial charge in [-0.25, -0.2) is 8.78 Å². The predicted octanol–water partition coefficient (Wildman–Crippen LogP) is 6.67. The van der Waals surface area contributed by atoms with Crippen molar-refractivity contribution >= 4 is 56.6 Å². The Morgan fingerprint density at radius 2 is 1.73 bits per heavy atom. The number of nitrogens with zero attached hydrogens (tertiary/aromatic N) is 7. The maximum absolute atomic E-state index is 16.0. The van der Waals surface area contributed by atoms with Gasteiger partial charge in [-0.3, -0.25) is 9.78 Å². The van der Waals surface area contributed by atoms with Gasteiger partial charge in [-0.15, -0.1) is 0 Å². The Kier molecular flexibility index (Phi) is 11.4. The van der Waals surface area contributed by atoms with Crippen molar-refractivity contribution < 1.29 is 18.3 Å². The molecule has 4 aromatic rings. The lowest BCUT2D eigenvalue weighted by Gasteiger charge is -2.35. The van der Waals surface area contributed by atoms with Crippen molar-refractivity contribution in [1.82, 2.24) is 24.8 Å². The van der Waals surface area contributed by atoms with Crippen LogP contribution in [0.5, 0.6) is 6.01 Å². The Bertz CT molecular complexity index is 1750. The van der Waals surface area contributed by atoms with Gasteiger partial charge in [-0.2, -0.15) is 15.2 Å². The van der Waals surface area contributed by atoms with Crippen LogP contribution in [0, 0.1) is 17.1 Å². The lowest BCUT2D eigenvalue weighted by Crippen LogP contribution is -2.49. The van der Waals surface area contributed by atoms with E-state index in [0.29, 0.717) is 45.3 Å². The second-order valence-corrected chi connectivity index (χ2v) is 11.2. The predicted molar refractivity (Wildman–Crippen MR) is 174 cm³/mol. The van der Waals surface area contributed by atoms with Crippen molar-refractivity contribution in [3.63, 3.8) is 0 Å². The normalized spacial score (nSPS) is 14.7. The van der Waals surface area contributed by atoms with Crippen LogP contribution in [0.25, 0.3) is 32.9 Å². The molecule has 0 atom stereocenters. The van der Waals surface area contributed by atoms with E-state index in [0.717, 1.165) is 5.39 Å². The third kappa shape index (κ3) is 7.59. The molecule has 0 saturated carbocycles. The molecule has 2 aliphatic rings. The topological polar surface area (TPSA) is 98.5 Å². The van der Waals surface area contributed by atoms with Crippen molar-refractivity contribution in [2.45, 2.75) is 19.8 Å². The molecule has 9 nitrogen and oxygen atoms in total. The van der Waals surface area contributed by atoms with Gasteiger partial charge in [0.25, 0.3) is 5.91 Å². The molecule has 1 amide bonds. The Morgan fingerprint density at radius 1 is 1.07 bits per heavy atom. The zero-order valence-corrected chi connectivity index (χ0v) is 26.8. The van der Waals surface area contributed by atoms with Gasteiger partial charge in [0.05, 0.1) is 28.6 Å². The second-order valence-electron chi connectivity index (χ2n) is 10.4. The number of amides is 1. The van der Waals surface area contributed by atoms with Crippen LogP contribution in [-0.2, 0) is 4.79 Å². The first-order valence-electron chi connectivity index (χ1n) is 14.3. The molecule has 0 radical (unpaired) electrons. The number of pyridine rings is 1. The fraction of sp³-hybridized carbons (Fsp3) is 0.344. The first-order chi connectivity index (χ1) is 21.6. The largest absolute Gasteiger partial charge is 0.467 e. The number of piperazine rings is 1. The molecule has 2 aromatic carbocycles. The van der Waals surface area contributed by atoms with Gasteiger partial charge in [-0.1, -0.05) is 54.0 Å². The first kappa shape index (κ1) is 33.8. The summed E-state index contributed by atoms with van der Waals surface area (Å²) < 4.78 is 34.5. The Morgan fingerprint density at radius 3 is 2.31 bits per heavy atom. The van der Waals surface area contributed by atoms with E-state index in [1.54, 1.807) is 30.3 Å². The lowest BCUT2D eigenvalue weighted by molar-refractivity contribution is -0.128. The van der Waals surface area contributed by atoms with E-state index in [1.807, 2.05) is 11.0 Å². The fourth-order valence-electron chi connectivity index (χ4n) is 5.22. The highest BCUT2D eigenvalue weighted by molar-refractivity contribution is 6.46. The summed E-state index contributed by atoms with van der Waals surface area (Å²) in [6, 6.07) is 10.6. The number of carbonyl (C=O) groups is 1. The zero-order valence-electron chi connectivity index (χ0n) is 25.3. The van der Waals surface area contributed by atoms with Crippen LogP contribution >= 0.6 is 23.2 Å². The average molecular weight is 657 g/mol. The van der Waals surface area contributed by atoms with Crippen LogP contribution in [-0.4, -0.2) is 84.1 Å². The van der Waals surface area contributed by atoms with Gasteiger partial charge in [-0.05, 0) is 44.4 Å². The molecular formula is C32H33Cl2F2N7O2. The van der Waals surface area contributed by atoms with Crippen molar-refractivity contribution in [2.24, 2.45) is 0 Å². The van der Waals surface area contributed by atoms with Crippen LogP contribution in [0.3, 0.4) is 0 Å². The van der Waals surface area contributed by atoms with Crippen LogP contribution < -0.4 is 9.64 Å². The SMILES string of the molecule is C=C(F)C(=O)N1CCN(c2nc(OC)nc3c(F)c(-c4cccc5ccc(Cl)c(Cl)c45)ncc23)CC1.CC#N.CN1CCCC1. The summed E-state index contributed by atoms with van der Waals surface area (Å²) in [7, 11) is 3.56. The number of aromatic nitrogens is 3. The summed E-state index contributed by atoms with van der Waals surface area (Å²) in [5, 5.41) is 9.70. The van der Waals surface area contributed by atoms with Gasteiger partial charge >= 0.3 is 6.01 Å². The molecular weight excluding hydrogens is 623 g/mol. The number of carbonyl (C=O) groups excluding carboxylic acids is 1. The molecule has 6 rings (SSSR count). The van der Waals surface area contributed by atoms with Crippen molar-refractivity contribution in [3.05, 3.63) is 64.8 Å². The minimum absolute atomic E-state index is 0.0210. The molecule has 0 spiro atoms. The summed E-state index contributed by atoms with van der Waals surface area (Å²) in [6.07, 6.45) is 4.33. The van der Waals surface area contributed by atoms with Crippen LogP contribution in [0.2, 0.25) is 10.0 Å². The quantitative estimate of drug-likeness (QED) is 0.225. The number of fused-ring (bicyclic) bond motifs is 2. The number of nitriles is 1. The van der Waals surface area contributed by atoms with Crippen LogP contribution in [0.4, 0.5) is 14.6 Å². The highest BCUT2D eigenvalue weighted by Gasteiger charge is 2.27. The number of methoxy groups -OCH3 is 1. The molecule has 0 N–H and O–H groups in total. The van der Waals surface area contributed by atoms with Crippen molar-refractivity contribution in [3.8, 4) is 23.3 Å². The number of likely N-dealkylation sites (tertiary alicyclic amines) is 1. The average Bonchev–Trinajstić information content (AvgIpc) is 3.53. The summed E-state index contributed by atoms with van der Waals surface area (Å²) in [5.74, 6) is -2.02. The van der Waals surface area contributed by atoms with E-state index < -0.39 is 17.6 Å². The van der Waals surface area contributed by atoms with E-state index in [1.165, 1.54) is 51.1 Å². The Balaban J connectivity index is 0.000000446. The molecule has 45 heavy (non-hydrogen) atoms. The van der Waals surface area contributed by atoms with E-state index in [-0.39, 0.29) is 30.3 Å². The fourth-order valence-corrected chi connectivity index (χ4v) is 5.65. The first-order valence-corrected chi connectivity index (χ1v) is 15.0. The maximum Gasteiger partial charge on any atom is 0.318 e. The summed E-state index contributed by atoms with van der Waals surface area (Å²) in [4.78, 5) is 30.6. The highest BCUT2D eigenvalue weighted by atomic mass is 35.5. The second kappa shape index (κ2) is 15.3. The molecule has 0 unspecified atom stereocenters. The monoisotopic (exact) mass is 655 g/mol. The molecule has 2 fully saturated rings.